The topological polar surface area (TPSA) is 89.1 Å². The highest BCUT2D eigenvalue weighted by Crippen LogP contribution is 2.24. The Kier molecular flexibility index (Phi) is 2.78. The third kappa shape index (κ3) is 1.72. The standard InChI is InChI=1S/C11H11N3O2/c12-4-9(11(15)16)8-3-1-2-7-5-13-14-6-10(7)8/h1-3,5-6,9H,4,12H2,(H,15,16). The van der Waals surface area contributed by atoms with Crippen molar-refractivity contribution >= 4 is 16.7 Å². The van der Waals surface area contributed by atoms with E-state index in [0.717, 1.165) is 10.8 Å². The zero-order valence-electron chi connectivity index (χ0n) is 8.50. The number of carbonyl (C=O) groups is 1. The highest BCUT2D eigenvalue weighted by molar-refractivity contribution is 5.89. The molecule has 0 saturated carbocycles. The zero-order chi connectivity index (χ0) is 11.5. The number of rotatable bonds is 3. The highest BCUT2D eigenvalue weighted by Gasteiger charge is 2.19. The third-order valence-corrected chi connectivity index (χ3v) is 2.53. The van der Waals surface area contributed by atoms with E-state index in [1.54, 1.807) is 24.5 Å². The summed E-state index contributed by atoms with van der Waals surface area (Å²) in [5.74, 6) is -1.63. The number of carboxylic acids is 1. The van der Waals surface area contributed by atoms with Crippen LogP contribution < -0.4 is 5.73 Å². The van der Waals surface area contributed by atoms with Crippen LogP contribution in [0.2, 0.25) is 0 Å². The summed E-state index contributed by atoms with van der Waals surface area (Å²) in [4.78, 5) is 11.1. The fourth-order valence-electron chi connectivity index (χ4n) is 1.71. The van der Waals surface area contributed by atoms with Gasteiger partial charge >= 0.3 is 5.97 Å². The lowest BCUT2D eigenvalue weighted by Gasteiger charge is -2.12. The van der Waals surface area contributed by atoms with Gasteiger partial charge < -0.3 is 10.8 Å². The summed E-state index contributed by atoms with van der Waals surface area (Å²) < 4.78 is 0. The first-order valence-corrected chi connectivity index (χ1v) is 4.86. The molecule has 82 valence electrons. The summed E-state index contributed by atoms with van der Waals surface area (Å²) in [5.41, 5.74) is 6.16. The van der Waals surface area contributed by atoms with E-state index in [4.69, 9.17) is 10.8 Å². The Morgan fingerprint density at radius 3 is 2.81 bits per heavy atom. The highest BCUT2D eigenvalue weighted by atomic mass is 16.4. The van der Waals surface area contributed by atoms with Gasteiger partial charge in [0.15, 0.2) is 0 Å². The lowest BCUT2D eigenvalue weighted by atomic mass is 9.95. The first-order chi connectivity index (χ1) is 7.74. The van der Waals surface area contributed by atoms with Crippen LogP contribution in [0.15, 0.2) is 30.6 Å². The van der Waals surface area contributed by atoms with Crippen molar-refractivity contribution in [3.63, 3.8) is 0 Å². The molecule has 0 saturated heterocycles. The van der Waals surface area contributed by atoms with Gasteiger partial charge in [0.25, 0.3) is 0 Å². The molecule has 1 heterocycles. The zero-order valence-corrected chi connectivity index (χ0v) is 8.50. The van der Waals surface area contributed by atoms with Crippen molar-refractivity contribution in [1.82, 2.24) is 10.2 Å². The quantitative estimate of drug-likeness (QED) is 0.792. The molecule has 16 heavy (non-hydrogen) atoms. The lowest BCUT2D eigenvalue weighted by molar-refractivity contribution is -0.138. The molecule has 1 unspecified atom stereocenters. The fraction of sp³-hybridized carbons (Fsp3) is 0.182. The van der Waals surface area contributed by atoms with Crippen LogP contribution in [0.4, 0.5) is 0 Å². The van der Waals surface area contributed by atoms with Crippen LogP contribution in [0, 0.1) is 0 Å². The number of nitrogens with zero attached hydrogens (tertiary/aromatic N) is 2. The molecule has 2 rings (SSSR count). The number of hydrogen-bond donors (Lipinski definition) is 2. The summed E-state index contributed by atoms with van der Waals surface area (Å²) in [7, 11) is 0. The van der Waals surface area contributed by atoms with E-state index in [1.165, 1.54) is 0 Å². The number of carboxylic acid groups (broad SMARTS) is 1. The molecule has 0 radical (unpaired) electrons. The minimum absolute atomic E-state index is 0.0662. The van der Waals surface area contributed by atoms with Crippen molar-refractivity contribution in [2.24, 2.45) is 5.73 Å². The van der Waals surface area contributed by atoms with Gasteiger partial charge in [-0.25, -0.2) is 0 Å². The number of hydrogen-bond acceptors (Lipinski definition) is 4. The summed E-state index contributed by atoms with van der Waals surface area (Å²) in [6, 6.07) is 5.42. The van der Waals surface area contributed by atoms with E-state index < -0.39 is 11.9 Å². The summed E-state index contributed by atoms with van der Waals surface area (Å²) in [5, 5.41) is 18.2. The van der Waals surface area contributed by atoms with Crippen LogP contribution in [-0.2, 0) is 4.79 Å². The molecule has 5 nitrogen and oxygen atoms in total. The smallest absolute Gasteiger partial charge is 0.312 e. The minimum atomic E-state index is -0.924. The predicted octanol–water partition coefficient (Wildman–Crippen LogP) is 0.757. The van der Waals surface area contributed by atoms with Crippen molar-refractivity contribution in [3.8, 4) is 0 Å². The number of fused-ring (bicyclic) bond motifs is 1. The Morgan fingerprint density at radius 2 is 2.12 bits per heavy atom. The summed E-state index contributed by atoms with van der Waals surface area (Å²) >= 11 is 0. The molecular formula is C11H11N3O2. The van der Waals surface area contributed by atoms with E-state index in [1.807, 2.05) is 6.07 Å². The minimum Gasteiger partial charge on any atom is -0.481 e. The van der Waals surface area contributed by atoms with Crippen LogP contribution in [0.25, 0.3) is 10.8 Å². The molecule has 0 amide bonds. The third-order valence-electron chi connectivity index (χ3n) is 2.53. The van der Waals surface area contributed by atoms with Crippen molar-refractivity contribution in [2.75, 3.05) is 6.54 Å². The van der Waals surface area contributed by atoms with Crippen LogP contribution in [0.1, 0.15) is 11.5 Å². The maximum Gasteiger partial charge on any atom is 0.312 e. The van der Waals surface area contributed by atoms with Crippen LogP contribution in [-0.4, -0.2) is 27.8 Å². The fourth-order valence-corrected chi connectivity index (χ4v) is 1.71. The summed E-state index contributed by atoms with van der Waals surface area (Å²) in [6.45, 7) is 0.0662. The van der Waals surface area contributed by atoms with E-state index in [2.05, 4.69) is 10.2 Å². The average molecular weight is 217 g/mol. The average Bonchev–Trinajstić information content (AvgIpc) is 2.30. The second-order valence-electron chi connectivity index (χ2n) is 3.47. The van der Waals surface area contributed by atoms with Crippen molar-refractivity contribution in [1.29, 1.82) is 0 Å². The maximum absolute atomic E-state index is 11.1. The largest absolute Gasteiger partial charge is 0.481 e. The van der Waals surface area contributed by atoms with Gasteiger partial charge in [0, 0.05) is 17.3 Å². The monoisotopic (exact) mass is 217 g/mol. The van der Waals surface area contributed by atoms with E-state index in [-0.39, 0.29) is 6.54 Å². The van der Waals surface area contributed by atoms with Gasteiger partial charge in [0.1, 0.15) is 0 Å². The molecule has 1 atom stereocenters. The Labute approximate surface area is 91.9 Å². The SMILES string of the molecule is NCC(C(=O)O)c1cccc2cnncc12. The number of aromatic nitrogens is 2. The van der Waals surface area contributed by atoms with Gasteiger partial charge in [0.05, 0.1) is 18.3 Å². The lowest BCUT2D eigenvalue weighted by Crippen LogP contribution is -2.21. The van der Waals surface area contributed by atoms with Gasteiger partial charge in [-0.05, 0) is 5.56 Å². The van der Waals surface area contributed by atoms with Crippen LogP contribution in [0.5, 0.6) is 0 Å². The Hall–Kier alpha value is -2.01. The first-order valence-electron chi connectivity index (χ1n) is 4.86. The molecule has 0 aliphatic carbocycles. The van der Waals surface area contributed by atoms with Crippen molar-refractivity contribution in [3.05, 3.63) is 36.2 Å². The first kappa shape index (κ1) is 10.5. The van der Waals surface area contributed by atoms with Gasteiger partial charge in [-0.15, -0.1) is 0 Å². The van der Waals surface area contributed by atoms with E-state index in [9.17, 15) is 4.79 Å². The second-order valence-corrected chi connectivity index (χ2v) is 3.47. The normalized spacial score (nSPS) is 12.6. The van der Waals surface area contributed by atoms with E-state index in [0.29, 0.717) is 5.56 Å². The van der Waals surface area contributed by atoms with E-state index >= 15 is 0 Å². The molecule has 1 aromatic heterocycles. The molecule has 0 spiro atoms. The molecule has 1 aromatic carbocycles. The molecule has 0 aliphatic heterocycles. The number of nitrogens with two attached hydrogens (primary N) is 1. The summed E-state index contributed by atoms with van der Waals surface area (Å²) in [6.07, 6.45) is 3.17. The molecule has 0 fully saturated rings. The van der Waals surface area contributed by atoms with Crippen molar-refractivity contribution in [2.45, 2.75) is 5.92 Å². The number of aliphatic carboxylic acids is 1. The van der Waals surface area contributed by atoms with Gasteiger partial charge in [-0.2, -0.15) is 10.2 Å². The Bertz CT molecular complexity index is 522. The molecule has 5 heteroatoms. The molecule has 3 N–H and O–H groups in total. The number of benzene rings is 1. The molecule has 0 bridgehead atoms. The predicted molar refractivity (Wildman–Crippen MR) is 59.0 cm³/mol. The van der Waals surface area contributed by atoms with Gasteiger partial charge in [0.2, 0.25) is 0 Å². The maximum atomic E-state index is 11.1. The van der Waals surface area contributed by atoms with Crippen molar-refractivity contribution < 1.29 is 9.90 Å². The van der Waals surface area contributed by atoms with Gasteiger partial charge in [-0.1, -0.05) is 18.2 Å². The Morgan fingerprint density at radius 1 is 1.38 bits per heavy atom. The Balaban J connectivity index is 2.63. The molecule has 0 aliphatic rings. The van der Waals surface area contributed by atoms with Crippen LogP contribution in [0.3, 0.4) is 0 Å². The molecular weight excluding hydrogens is 206 g/mol. The van der Waals surface area contributed by atoms with Crippen LogP contribution >= 0.6 is 0 Å². The van der Waals surface area contributed by atoms with Gasteiger partial charge in [-0.3, -0.25) is 4.79 Å². The molecule has 2 aromatic rings. The second kappa shape index (κ2) is 4.24.